The summed E-state index contributed by atoms with van der Waals surface area (Å²) in [5.74, 6) is 1.73. The molecule has 2 heterocycles. The smallest absolute Gasteiger partial charge is 0.262 e. The molecule has 3 rings (SSSR count). The Morgan fingerprint density at radius 3 is 2.50 bits per heavy atom. The van der Waals surface area contributed by atoms with Crippen LogP contribution in [0.25, 0.3) is 10.9 Å². The summed E-state index contributed by atoms with van der Waals surface area (Å²) >= 11 is 1.48. The molecule has 7 heteroatoms. The zero-order valence-corrected chi connectivity index (χ0v) is 18.2. The van der Waals surface area contributed by atoms with Gasteiger partial charge in [0.1, 0.15) is 0 Å². The Morgan fingerprint density at radius 1 is 1.14 bits per heavy atom. The maximum atomic E-state index is 13.1. The van der Waals surface area contributed by atoms with Crippen molar-refractivity contribution in [3.05, 3.63) is 46.3 Å². The van der Waals surface area contributed by atoms with Gasteiger partial charge < -0.3 is 4.52 Å². The number of hydrogen-bond acceptors (Lipinski definition) is 6. The third-order valence-corrected chi connectivity index (χ3v) is 5.58. The third-order valence-electron chi connectivity index (χ3n) is 4.50. The van der Waals surface area contributed by atoms with E-state index in [9.17, 15) is 4.79 Å². The second-order valence-electron chi connectivity index (χ2n) is 8.52. The number of hydrogen-bond donors (Lipinski definition) is 0. The second kappa shape index (κ2) is 8.07. The van der Waals surface area contributed by atoms with Crippen molar-refractivity contribution in [3.63, 3.8) is 0 Å². The molecule has 0 N–H and O–H groups in total. The molecule has 0 radical (unpaired) electrons. The first-order chi connectivity index (χ1) is 13.2. The maximum Gasteiger partial charge on any atom is 0.262 e. The minimum Gasteiger partial charge on any atom is -0.338 e. The molecule has 0 saturated heterocycles. The van der Waals surface area contributed by atoms with E-state index >= 15 is 0 Å². The molecule has 2 aromatic heterocycles. The summed E-state index contributed by atoms with van der Waals surface area (Å²) in [5, 5.41) is 5.34. The van der Waals surface area contributed by atoms with Crippen LogP contribution < -0.4 is 5.56 Å². The fourth-order valence-corrected chi connectivity index (χ4v) is 3.70. The van der Waals surface area contributed by atoms with Crippen LogP contribution in [0.2, 0.25) is 0 Å². The first-order valence-electron chi connectivity index (χ1n) is 9.67. The summed E-state index contributed by atoms with van der Waals surface area (Å²) in [6.07, 6.45) is 0.913. The van der Waals surface area contributed by atoms with E-state index in [-0.39, 0.29) is 16.2 Å². The number of thioether (sulfide) groups is 1. The molecule has 6 nitrogen and oxygen atoms in total. The summed E-state index contributed by atoms with van der Waals surface area (Å²) in [6, 6.07) is 7.49. The average Bonchev–Trinajstić information content (AvgIpc) is 3.12. The van der Waals surface area contributed by atoms with E-state index in [1.807, 2.05) is 52.0 Å². The summed E-state index contributed by atoms with van der Waals surface area (Å²) in [7, 11) is 0. The van der Waals surface area contributed by atoms with E-state index in [1.54, 1.807) is 4.57 Å². The molecule has 0 aliphatic heterocycles. The fraction of sp³-hybridized carbons (Fsp3) is 0.524. The predicted molar refractivity (Wildman–Crippen MR) is 113 cm³/mol. The van der Waals surface area contributed by atoms with E-state index in [1.165, 1.54) is 11.8 Å². The molecule has 0 spiro atoms. The highest BCUT2D eigenvalue weighted by Crippen LogP contribution is 2.34. The van der Waals surface area contributed by atoms with Gasteiger partial charge in [-0.1, -0.05) is 63.7 Å². The van der Waals surface area contributed by atoms with Gasteiger partial charge in [-0.15, -0.1) is 0 Å². The molecule has 0 amide bonds. The van der Waals surface area contributed by atoms with Crippen LogP contribution in [0.5, 0.6) is 0 Å². The lowest BCUT2D eigenvalue weighted by molar-refractivity contribution is 0.364. The molecule has 1 atom stereocenters. The van der Waals surface area contributed by atoms with Crippen LogP contribution in [0, 0.1) is 5.92 Å². The highest BCUT2D eigenvalue weighted by atomic mass is 32.2. The first kappa shape index (κ1) is 20.6. The van der Waals surface area contributed by atoms with Crippen LogP contribution in [0.3, 0.4) is 0 Å². The van der Waals surface area contributed by atoms with Gasteiger partial charge in [-0.3, -0.25) is 9.36 Å². The Morgan fingerprint density at radius 2 is 1.86 bits per heavy atom. The molecule has 0 bridgehead atoms. The van der Waals surface area contributed by atoms with E-state index in [0.29, 0.717) is 40.2 Å². The van der Waals surface area contributed by atoms with Crippen molar-refractivity contribution >= 4 is 22.7 Å². The van der Waals surface area contributed by atoms with Gasteiger partial charge in [-0.25, -0.2) is 4.98 Å². The Balaban J connectivity index is 1.97. The third kappa shape index (κ3) is 4.46. The molecular formula is C21H28N4O2S. The van der Waals surface area contributed by atoms with Gasteiger partial charge in [0.25, 0.3) is 5.56 Å². The standard InChI is InChI=1S/C21H28N4O2S/c1-13(2)11-12-25-18(26)15-9-7-8-10-16(15)22-20(25)28-14(3)17-23-19(24-27-17)21(4,5)6/h7-10,13-14H,11-12H2,1-6H3/t14-/m0/s1. The lowest BCUT2D eigenvalue weighted by atomic mass is 9.96. The Hall–Kier alpha value is -2.15. The number of para-hydroxylation sites is 1. The van der Waals surface area contributed by atoms with Crippen LogP contribution in [-0.4, -0.2) is 19.7 Å². The predicted octanol–water partition coefficient (Wildman–Crippen LogP) is 4.98. The molecular weight excluding hydrogens is 372 g/mol. The van der Waals surface area contributed by atoms with Crippen LogP contribution in [-0.2, 0) is 12.0 Å². The summed E-state index contributed by atoms with van der Waals surface area (Å²) in [6.45, 7) is 13.1. The van der Waals surface area contributed by atoms with Crippen molar-refractivity contribution in [2.24, 2.45) is 5.92 Å². The Bertz CT molecular complexity index is 1020. The van der Waals surface area contributed by atoms with Crippen molar-refractivity contribution in [2.45, 2.75) is 70.3 Å². The molecule has 3 aromatic rings. The first-order valence-corrected chi connectivity index (χ1v) is 10.5. The van der Waals surface area contributed by atoms with Gasteiger partial charge in [-0.05, 0) is 31.4 Å². The molecule has 0 saturated carbocycles. The van der Waals surface area contributed by atoms with Crippen LogP contribution in [0.4, 0.5) is 0 Å². The van der Waals surface area contributed by atoms with Crippen molar-refractivity contribution in [3.8, 4) is 0 Å². The average molecular weight is 401 g/mol. The van der Waals surface area contributed by atoms with Crippen LogP contribution in [0.1, 0.15) is 64.9 Å². The van der Waals surface area contributed by atoms with Gasteiger partial charge in [0.2, 0.25) is 5.89 Å². The van der Waals surface area contributed by atoms with Crippen LogP contribution >= 0.6 is 11.8 Å². The number of rotatable bonds is 6. The van der Waals surface area contributed by atoms with Crippen molar-refractivity contribution in [1.82, 2.24) is 19.7 Å². The quantitative estimate of drug-likeness (QED) is 0.429. The minimum absolute atomic E-state index is 0.00172. The largest absolute Gasteiger partial charge is 0.338 e. The highest BCUT2D eigenvalue weighted by Gasteiger charge is 2.25. The van der Waals surface area contributed by atoms with E-state index < -0.39 is 0 Å². The molecule has 28 heavy (non-hydrogen) atoms. The summed E-state index contributed by atoms with van der Waals surface area (Å²) in [4.78, 5) is 22.4. The normalized spacial score (nSPS) is 13.4. The Labute approximate surface area is 169 Å². The molecule has 0 fully saturated rings. The number of benzene rings is 1. The number of aromatic nitrogens is 4. The molecule has 1 aromatic carbocycles. The van der Waals surface area contributed by atoms with Gasteiger partial charge >= 0.3 is 0 Å². The topological polar surface area (TPSA) is 73.8 Å². The van der Waals surface area contributed by atoms with E-state index in [2.05, 4.69) is 24.0 Å². The molecule has 0 unspecified atom stereocenters. The Kier molecular flexibility index (Phi) is 5.93. The lowest BCUT2D eigenvalue weighted by Crippen LogP contribution is -2.24. The highest BCUT2D eigenvalue weighted by molar-refractivity contribution is 7.99. The zero-order chi connectivity index (χ0) is 20.5. The fourth-order valence-electron chi connectivity index (χ4n) is 2.74. The molecule has 150 valence electrons. The maximum absolute atomic E-state index is 13.1. The molecule has 0 aliphatic rings. The number of fused-ring (bicyclic) bond motifs is 1. The SMILES string of the molecule is CC(C)CCn1c(S[C@@H](C)c2nc(C(C)(C)C)no2)nc2ccccc2c1=O. The second-order valence-corrected chi connectivity index (χ2v) is 9.83. The summed E-state index contributed by atoms with van der Waals surface area (Å²) < 4.78 is 7.27. The van der Waals surface area contributed by atoms with Gasteiger partial charge in [0, 0.05) is 12.0 Å². The van der Waals surface area contributed by atoms with Crippen molar-refractivity contribution < 1.29 is 4.52 Å². The summed E-state index contributed by atoms with van der Waals surface area (Å²) in [5.41, 5.74) is 0.540. The zero-order valence-electron chi connectivity index (χ0n) is 17.4. The van der Waals surface area contributed by atoms with Gasteiger partial charge in [0.15, 0.2) is 11.0 Å². The lowest BCUT2D eigenvalue weighted by Gasteiger charge is -2.15. The van der Waals surface area contributed by atoms with Crippen molar-refractivity contribution in [2.75, 3.05) is 0 Å². The molecule has 0 aliphatic carbocycles. The van der Waals surface area contributed by atoms with E-state index in [0.717, 1.165) is 6.42 Å². The monoisotopic (exact) mass is 400 g/mol. The van der Waals surface area contributed by atoms with Crippen LogP contribution in [0.15, 0.2) is 38.7 Å². The minimum atomic E-state index is -0.174. The van der Waals surface area contributed by atoms with Crippen molar-refractivity contribution in [1.29, 1.82) is 0 Å². The van der Waals surface area contributed by atoms with E-state index in [4.69, 9.17) is 9.51 Å². The van der Waals surface area contributed by atoms with Gasteiger partial charge in [0.05, 0.1) is 16.2 Å². The van der Waals surface area contributed by atoms with Gasteiger partial charge in [-0.2, -0.15) is 4.98 Å². The number of nitrogens with zero attached hydrogens (tertiary/aromatic N) is 4.